The molecule has 0 bridgehead atoms. The van der Waals surface area contributed by atoms with Crippen molar-refractivity contribution in [1.29, 1.82) is 0 Å². The first-order valence-corrected chi connectivity index (χ1v) is 7.58. The molecule has 2 N–H and O–H groups in total. The van der Waals surface area contributed by atoms with Gasteiger partial charge in [0.1, 0.15) is 6.04 Å². The largest absolute Gasteiger partial charge is 0.340 e. The summed E-state index contributed by atoms with van der Waals surface area (Å²) in [7, 11) is 1.76. The molecule has 2 aromatic rings. The van der Waals surface area contributed by atoms with Crippen LogP contribution in [0.15, 0.2) is 54.6 Å². The molecule has 0 saturated carbocycles. The van der Waals surface area contributed by atoms with Gasteiger partial charge in [0.05, 0.1) is 0 Å². The van der Waals surface area contributed by atoms with Gasteiger partial charge < -0.3 is 15.5 Å². The monoisotopic (exact) mass is 309 g/mol. The molecule has 0 spiro atoms. The summed E-state index contributed by atoms with van der Waals surface area (Å²) in [6, 6.07) is 17.4. The Morgan fingerprint density at radius 2 is 1.83 bits per heavy atom. The van der Waals surface area contributed by atoms with Crippen LogP contribution in [0.2, 0.25) is 0 Å². The molecular weight excluding hydrogens is 290 g/mol. The maximum atomic E-state index is 12.4. The van der Waals surface area contributed by atoms with Gasteiger partial charge >= 0.3 is 6.03 Å². The summed E-state index contributed by atoms with van der Waals surface area (Å²) in [5, 5.41) is 5.23. The van der Waals surface area contributed by atoms with E-state index < -0.39 is 6.04 Å². The van der Waals surface area contributed by atoms with Gasteiger partial charge in [-0.3, -0.25) is 4.79 Å². The molecule has 0 aliphatic carbocycles. The van der Waals surface area contributed by atoms with Crippen LogP contribution in [-0.4, -0.2) is 36.5 Å². The minimum atomic E-state index is -0.489. The first-order valence-electron chi connectivity index (χ1n) is 7.58. The third kappa shape index (κ3) is 3.34. The average molecular weight is 309 g/mol. The van der Waals surface area contributed by atoms with Gasteiger partial charge in [-0.15, -0.1) is 0 Å². The zero-order valence-electron chi connectivity index (χ0n) is 13.0. The van der Waals surface area contributed by atoms with Crippen molar-refractivity contribution in [1.82, 2.24) is 15.5 Å². The van der Waals surface area contributed by atoms with Gasteiger partial charge in [0.15, 0.2) is 0 Å². The third-order valence-electron chi connectivity index (χ3n) is 3.96. The zero-order valence-corrected chi connectivity index (χ0v) is 13.0. The van der Waals surface area contributed by atoms with Crippen molar-refractivity contribution in [2.24, 2.45) is 0 Å². The van der Waals surface area contributed by atoms with Crippen LogP contribution in [0.1, 0.15) is 5.56 Å². The molecule has 1 heterocycles. The smallest absolute Gasteiger partial charge is 0.315 e. The van der Waals surface area contributed by atoms with Crippen LogP contribution in [0.3, 0.4) is 0 Å². The molecule has 3 rings (SSSR count). The predicted molar refractivity (Wildman–Crippen MR) is 88.7 cm³/mol. The highest BCUT2D eigenvalue weighted by atomic mass is 16.2. The number of carbonyl (C=O) groups is 2. The summed E-state index contributed by atoms with van der Waals surface area (Å²) >= 11 is 0. The molecule has 0 radical (unpaired) electrons. The Hall–Kier alpha value is -2.82. The fourth-order valence-corrected chi connectivity index (χ4v) is 2.76. The zero-order chi connectivity index (χ0) is 16.2. The molecule has 1 atom stereocenters. The van der Waals surface area contributed by atoms with Crippen molar-refractivity contribution in [3.63, 3.8) is 0 Å². The van der Waals surface area contributed by atoms with Gasteiger partial charge in [0, 0.05) is 20.1 Å². The van der Waals surface area contributed by atoms with E-state index in [1.807, 2.05) is 36.4 Å². The number of urea groups is 1. The van der Waals surface area contributed by atoms with E-state index in [1.54, 1.807) is 11.9 Å². The normalized spacial score (nSPS) is 16.6. The minimum Gasteiger partial charge on any atom is -0.340 e. The topological polar surface area (TPSA) is 61.4 Å². The number of nitrogens with zero attached hydrogens (tertiary/aromatic N) is 1. The molecule has 118 valence electrons. The fraction of sp³-hybridized carbons (Fsp3) is 0.222. The standard InChI is InChI=1S/C18H19N3O2/c1-21(17(22)16-11-19-18(23)20-16)12-14-9-5-6-10-15(14)13-7-3-2-4-8-13/h2-10,16H,11-12H2,1H3,(H2,19,20,23)/t16-/m1/s1. The molecular formula is C18H19N3O2. The first kappa shape index (κ1) is 15.1. The number of hydrogen-bond acceptors (Lipinski definition) is 2. The summed E-state index contributed by atoms with van der Waals surface area (Å²) in [6.45, 7) is 0.832. The Labute approximate surface area is 135 Å². The predicted octanol–water partition coefficient (Wildman–Crippen LogP) is 1.99. The molecule has 0 aromatic heterocycles. The lowest BCUT2D eigenvalue weighted by atomic mass is 9.99. The molecule has 5 nitrogen and oxygen atoms in total. The SMILES string of the molecule is CN(Cc1ccccc1-c1ccccc1)C(=O)[C@H]1CNC(=O)N1. The second-order valence-electron chi connectivity index (χ2n) is 5.62. The highest BCUT2D eigenvalue weighted by molar-refractivity contribution is 5.90. The van der Waals surface area contributed by atoms with Gasteiger partial charge in [-0.1, -0.05) is 54.6 Å². The summed E-state index contributed by atoms with van der Waals surface area (Å²) < 4.78 is 0. The molecule has 23 heavy (non-hydrogen) atoms. The van der Waals surface area contributed by atoms with Crippen molar-refractivity contribution >= 4 is 11.9 Å². The lowest BCUT2D eigenvalue weighted by Crippen LogP contribution is -2.43. The maximum absolute atomic E-state index is 12.4. The van der Waals surface area contributed by atoms with E-state index in [1.165, 1.54) is 0 Å². The highest BCUT2D eigenvalue weighted by Crippen LogP contribution is 2.24. The Morgan fingerprint density at radius 1 is 1.13 bits per heavy atom. The lowest BCUT2D eigenvalue weighted by molar-refractivity contribution is -0.131. The minimum absolute atomic E-state index is 0.0915. The van der Waals surface area contributed by atoms with Crippen LogP contribution in [0.4, 0.5) is 4.79 Å². The van der Waals surface area contributed by atoms with Crippen LogP contribution >= 0.6 is 0 Å². The van der Waals surface area contributed by atoms with E-state index in [2.05, 4.69) is 28.8 Å². The van der Waals surface area contributed by atoms with E-state index in [-0.39, 0.29) is 11.9 Å². The van der Waals surface area contributed by atoms with Gasteiger partial charge in [0.25, 0.3) is 0 Å². The molecule has 2 aromatic carbocycles. The molecule has 1 fully saturated rings. The molecule has 1 saturated heterocycles. The van der Waals surface area contributed by atoms with Crippen LogP contribution in [0.25, 0.3) is 11.1 Å². The van der Waals surface area contributed by atoms with Crippen LogP contribution in [0.5, 0.6) is 0 Å². The number of benzene rings is 2. The van der Waals surface area contributed by atoms with Gasteiger partial charge in [-0.05, 0) is 16.7 Å². The lowest BCUT2D eigenvalue weighted by Gasteiger charge is -2.22. The Bertz CT molecular complexity index is 715. The Balaban J connectivity index is 1.78. The number of rotatable bonds is 4. The number of amides is 3. The number of carbonyl (C=O) groups excluding carboxylic acids is 2. The number of nitrogens with one attached hydrogen (secondary N) is 2. The quantitative estimate of drug-likeness (QED) is 0.907. The second kappa shape index (κ2) is 6.52. The summed E-state index contributed by atoms with van der Waals surface area (Å²) in [6.07, 6.45) is 0. The summed E-state index contributed by atoms with van der Waals surface area (Å²) in [4.78, 5) is 25.3. The maximum Gasteiger partial charge on any atom is 0.315 e. The van der Waals surface area contributed by atoms with E-state index in [4.69, 9.17) is 0 Å². The Morgan fingerprint density at radius 3 is 2.52 bits per heavy atom. The third-order valence-corrected chi connectivity index (χ3v) is 3.96. The van der Waals surface area contributed by atoms with Crippen molar-refractivity contribution in [3.05, 3.63) is 60.2 Å². The molecule has 1 aliphatic rings. The summed E-state index contributed by atoms with van der Waals surface area (Å²) in [5.74, 6) is -0.0915. The van der Waals surface area contributed by atoms with Gasteiger partial charge in [-0.25, -0.2) is 4.79 Å². The molecule has 3 amide bonds. The van der Waals surface area contributed by atoms with E-state index in [9.17, 15) is 9.59 Å². The van der Waals surface area contributed by atoms with E-state index in [0.717, 1.165) is 16.7 Å². The van der Waals surface area contributed by atoms with Crippen LogP contribution in [-0.2, 0) is 11.3 Å². The van der Waals surface area contributed by atoms with Gasteiger partial charge in [-0.2, -0.15) is 0 Å². The average Bonchev–Trinajstić information content (AvgIpc) is 3.02. The number of hydrogen-bond donors (Lipinski definition) is 2. The van der Waals surface area contributed by atoms with Crippen molar-refractivity contribution in [2.75, 3.05) is 13.6 Å². The van der Waals surface area contributed by atoms with Crippen molar-refractivity contribution < 1.29 is 9.59 Å². The van der Waals surface area contributed by atoms with E-state index >= 15 is 0 Å². The highest BCUT2D eigenvalue weighted by Gasteiger charge is 2.29. The first-order chi connectivity index (χ1) is 11.1. The fourth-order valence-electron chi connectivity index (χ4n) is 2.76. The van der Waals surface area contributed by atoms with Crippen LogP contribution in [0, 0.1) is 0 Å². The van der Waals surface area contributed by atoms with Gasteiger partial charge in [0.2, 0.25) is 5.91 Å². The van der Waals surface area contributed by atoms with Crippen LogP contribution < -0.4 is 10.6 Å². The Kier molecular flexibility index (Phi) is 4.28. The summed E-state index contributed by atoms with van der Waals surface area (Å²) in [5.41, 5.74) is 3.31. The molecule has 1 aliphatic heterocycles. The number of likely N-dealkylation sites (N-methyl/N-ethyl adjacent to an activating group) is 1. The molecule has 0 unspecified atom stereocenters. The molecule has 5 heteroatoms. The van der Waals surface area contributed by atoms with Crippen molar-refractivity contribution in [3.8, 4) is 11.1 Å². The van der Waals surface area contributed by atoms with E-state index in [0.29, 0.717) is 13.1 Å². The van der Waals surface area contributed by atoms with Crippen molar-refractivity contribution in [2.45, 2.75) is 12.6 Å². The second-order valence-corrected chi connectivity index (χ2v) is 5.62.